The largest absolute Gasteiger partial charge is 0.192 e. The first kappa shape index (κ1) is 27.8. The highest BCUT2D eigenvalue weighted by atomic mass is 32.1. The second-order valence-electron chi connectivity index (χ2n) is 12.7. The Morgan fingerprint density at radius 3 is 1.41 bits per heavy atom. The molecule has 9 aromatic carbocycles. The molecule has 0 saturated heterocycles. The summed E-state index contributed by atoms with van der Waals surface area (Å²) in [5.74, 6) is 0. The molecule has 0 spiro atoms. The molecule has 10 aromatic rings. The SMILES string of the molecule is N#Cc1c2ccccc2c(-c2ccc3c(c2)sc2c(-c4c5ccccc5c(-c5ccccc5)c5ccccc45)cccc23)c2ccccc12. The lowest BCUT2D eigenvalue weighted by atomic mass is 9.85. The monoisotopic (exact) mass is 637 g/mol. The molecule has 1 nitrogen and oxygen atoms in total. The van der Waals surface area contributed by atoms with Crippen molar-refractivity contribution in [2.24, 2.45) is 0 Å². The standard InChI is InChI=1S/C47H27NS/c48-28-42-31-15-4-6-17-34(31)45(35-18-7-5-16-32(35)42)30-25-26-33-40-23-12-24-41(47(40)49-43(33)27-30)46-38-21-10-8-19-36(38)44(29-13-2-1-3-14-29)37-20-9-11-22-39(37)46/h1-27H. The topological polar surface area (TPSA) is 23.8 Å². The minimum Gasteiger partial charge on any atom is -0.192 e. The van der Waals surface area contributed by atoms with Gasteiger partial charge in [-0.15, -0.1) is 11.3 Å². The zero-order valence-electron chi connectivity index (χ0n) is 26.4. The first-order chi connectivity index (χ1) is 24.3. The van der Waals surface area contributed by atoms with E-state index in [1.165, 1.54) is 75.1 Å². The third-order valence-electron chi connectivity index (χ3n) is 10.1. The van der Waals surface area contributed by atoms with E-state index in [4.69, 9.17) is 0 Å². The van der Waals surface area contributed by atoms with Crippen LogP contribution in [0.15, 0.2) is 164 Å². The second kappa shape index (κ2) is 10.9. The number of nitrogens with zero attached hydrogens (tertiary/aromatic N) is 1. The van der Waals surface area contributed by atoms with E-state index >= 15 is 0 Å². The third-order valence-corrected chi connectivity index (χ3v) is 11.3. The average Bonchev–Trinajstić information content (AvgIpc) is 3.54. The minimum absolute atomic E-state index is 0.736. The van der Waals surface area contributed by atoms with Gasteiger partial charge in [-0.3, -0.25) is 0 Å². The van der Waals surface area contributed by atoms with E-state index in [1.54, 1.807) is 0 Å². The summed E-state index contributed by atoms with van der Waals surface area (Å²) in [5, 5.41) is 22.0. The van der Waals surface area contributed by atoms with Crippen LogP contribution in [0.2, 0.25) is 0 Å². The molecule has 226 valence electrons. The highest BCUT2D eigenvalue weighted by Gasteiger charge is 2.20. The van der Waals surface area contributed by atoms with Crippen LogP contribution in [0, 0.1) is 11.3 Å². The van der Waals surface area contributed by atoms with Gasteiger partial charge in [0.2, 0.25) is 0 Å². The molecule has 0 bridgehead atoms. The molecule has 0 aliphatic rings. The van der Waals surface area contributed by atoms with Crippen LogP contribution in [0.4, 0.5) is 0 Å². The normalized spacial score (nSPS) is 11.7. The van der Waals surface area contributed by atoms with E-state index in [9.17, 15) is 5.26 Å². The predicted molar refractivity (Wildman–Crippen MR) is 210 cm³/mol. The van der Waals surface area contributed by atoms with Crippen LogP contribution in [-0.2, 0) is 0 Å². The maximum atomic E-state index is 10.2. The molecule has 0 N–H and O–H groups in total. The van der Waals surface area contributed by atoms with Gasteiger partial charge in [0.15, 0.2) is 0 Å². The highest BCUT2D eigenvalue weighted by Crippen LogP contribution is 2.48. The van der Waals surface area contributed by atoms with E-state index in [-0.39, 0.29) is 0 Å². The van der Waals surface area contributed by atoms with Gasteiger partial charge in [0.05, 0.1) is 5.56 Å². The quantitative estimate of drug-likeness (QED) is 0.177. The third kappa shape index (κ3) is 4.10. The van der Waals surface area contributed by atoms with Crippen molar-refractivity contribution in [3.05, 3.63) is 169 Å². The number of hydrogen-bond donors (Lipinski definition) is 0. The molecule has 1 heterocycles. The van der Waals surface area contributed by atoms with E-state index in [2.05, 4.69) is 158 Å². The summed E-state index contributed by atoms with van der Waals surface area (Å²) in [6, 6.07) is 61.4. The summed E-state index contributed by atoms with van der Waals surface area (Å²) in [6.45, 7) is 0. The Hall–Kier alpha value is -6.27. The maximum Gasteiger partial charge on any atom is 0.100 e. The lowest BCUT2D eigenvalue weighted by Crippen LogP contribution is -1.90. The summed E-state index contributed by atoms with van der Waals surface area (Å²) in [4.78, 5) is 0. The van der Waals surface area contributed by atoms with Crippen molar-refractivity contribution in [3.8, 4) is 39.4 Å². The molecule has 0 fully saturated rings. The number of nitriles is 1. The highest BCUT2D eigenvalue weighted by molar-refractivity contribution is 7.26. The molecule has 0 saturated carbocycles. The van der Waals surface area contributed by atoms with E-state index in [0.29, 0.717) is 0 Å². The first-order valence-electron chi connectivity index (χ1n) is 16.6. The summed E-state index contributed by atoms with van der Waals surface area (Å²) < 4.78 is 2.55. The molecule has 10 rings (SSSR count). The average molecular weight is 638 g/mol. The minimum atomic E-state index is 0.736. The first-order valence-corrected chi connectivity index (χ1v) is 17.4. The number of fused-ring (bicyclic) bond motifs is 7. The Bertz CT molecular complexity index is 2880. The second-order valence-corrected chi connectivity index (χ2v) is 13.7. The van der Waals surface area contributed by atoms with Gasteiger partial charge in [-0.25, -0.2) is 0 Å². The lowest BCUT2D eigenvalue weighted by Gasteiger charge is -2.18. The van der Waals surface area contributed by atoms with Crippen molar-refractivity contribution in [2.45, 2.75) is 0 Å². The van der Waals surface area contributed by atoms with Crippen molar-refractivity contribution in [3.63, 3.8) is 0 Å². The zero-order valence-corrected chi connectivity index (χ0v) is 27.3. The molecule has 2 heteroatoms. The van der Waals surface area contributed by atoms with Gasteiger partial charge >= 0.3 is 0 Å². The van der Waals surface area contributed by atoms with Crippen LogP contribution < -0.4 is 0 Å². The molecule has 1 aromatic heterocycles. The number of hydrogen-bond acceptors (Lipinski definition) is 2. The summed E-state index contributed by atoms with van der Waals surface area (Å²) in [5.41, 5.74) is 8.15. The molecule has 49 heavy (non-hydrogen) atoms. The molecule has 0 aliphatic heterocycles. The molecule has 0 radical (unpaired) electrons. The van der Waals surface area contributed by atoms with Crippen molar-refractivity contribution in [2.75, 3.05) is 0 Å². The summed E-state index contributed by atoms with van der Waals surface area (Å²) >= 11 is 1.88. The van der Waals surface area contributed by atoms with Gasteiger partial charge in [0, 0.05) is 36.5 Å². The van der Waals surface area contributed by atoms with Crippen LogP contribution in [-0.4, -0.2) is 0 Å². The fourth-order valence-electron chi connectivity index (χ4n) is 8.04. The van der Waals surface area contributed by atoms with E-state index in [0.717, 1.165) is 27.1 Å². The molecule has 0 amide bonds. The number of benzene rings is 9. The van der Waals surface area contributed by atoms with Crippen LogP contribution in [0.5, 0.6) is 0 Å². The number of rotatable bonds is 3. The van der Waals surface area contributed by atoms with Gasteiger partial charge < -0.3 is 0 Å². The van der Waals surface area contributed by atoms with Crippen molar-refractivity contribution in [1.29, 1.82) is 5.26 Å². The van der Waals surface area contributed by atoms with Gasteiger partial charge in [-0.1, -0.05) is 158 Å². The molecular formula is C47H27NS. The van der Waals surface area contributed by atoms with E-state index in [1.807, 2.05) is 23.5 Å². The Morgan fingerprint density at radius 1 is 0.367 bits per heavy atom. The lowest BCUT2D eigenvalue weighted by molar-refractivity contribution is 1.51. The van der Waals surface area contributed by atoms with E-state index < -0.39 is 0 Å². The Morgan fingerprint density at radius 2 is 0.837 bits per heavy atom. The molecule has 0 atom stereocenters. The van der Waals surface area contributed by atoms with Gasteiger partial charge in [0.1, 0.15) is 6.07 Å². The van der Waals surface area contributed by atoms with Crippen LogP contribution in [0.3, 0.4) is 0 Å². The van der Waals surface area contributed by atoms with Gasteiger partial charge in [0.25, 0.3) is 0 Å². The summed E-state index contributed by atoms with van der Waals surface area (Å²) in [6.07, 6.45) is 0. The molecule has 0 unspecified atom stereocenters. The van der Waals surface area contributed by atoms with Gasteiger partial charge in [-0.2, -0.15) is 5.26 Å². The predicted octanol–water partition coefficient (Wildman–Crippen LogP) is 13.5. The smallest absolute Gasteiger partial charge is 0.100 e. The van der Waals surface area contributed by atoms with Crippen LogP contribution in [0.25, 0.3) is 96.6 Å². The molecular weight excluding hydrogens is 611 g/mol. The van der Waals surface area contributed by atoms with Crippen molar-refractivity contribution in [1.82, 2.24) is 0 Å². The fraction of sp³-hybridized carbons (Fsp3) is 0. The van der Waals surface area contributed by atoms with Crippen molar-refractivity contribution < 1.29 is 0 Å². The fourth-order valence-corrected chi connectivity index (χ4v) is 9.31. The van der Waals surface area contributed by atoms with Crippen molar-refractivity contribution >= 4 is 74.6 Å². The zero-order chi connectivity index (χ0) is 32.5. The Balaban J connectivity index is 1.26. The van der Waals surface area contributed by atoms with Crippen LogP contribution >= 0.6 is 11.3 Å². The Kier molecular flexibility index (Phi) is 6.18. The number of thiophene rings is 1. The van der Waals surface area contributed by atoms with Crippen LogP contribution in [0.1, 0.15) is 5.56 Å². The summed E-state index contributed by atoms with van der Waals surface area (Å²) in [7, 11) is 0. The Labute approximate surface area is 287 Å². The maximum absolute atomic E-state index is 10.2. The molecule has 0 aliphatic carbocycles. The van der Waals surface area contributed by atoms with Gasteiger partial charge in [-0.05, 0) is 66.2 Å².